The molecule has 32 heavy (non-hydrogen) atoms. The second-order valence-corrected chi connectivity index (χ2v) is 8.72. The molecule has 9 heteroatoms. The molecular weight excluding hydrogens is 408 g/mol. The van der Waals surface area contributed by atoms with E-state index in [1.165, 1.54) is 0 Å². The number of nitrogens with one attached hydrogen (secondary N) is 3. The third-order valence-corrected chi connectivity index (χ3v) is 5.53. The van der Waals surface area contributed by atoms with Crippen molar-refractivity contribution in [3.8, 4) is 6.07 Å². The van der Waals surface area contributed by atoms with Gasteiger partial charge < -0.3 is 25.8 Å². The van der Waals surface area contributed by atoms with Crippen molar-refractivity contribution in [2.75, 3.05) is 39.0 Å². The maximum Gasteiger partial charge on any atom is 0.321 e. The van der Waals surface area contributed by atoms with Crippen LogP contribution in [0, 0.1) is 17.2 Å². The number of nitriles is 1. The van der Waals surface area contributed by atoms with Crippen LogP contribution in [0.2, 0.25) is 0 Å². The fraction of sp³-hybridized carbons (Fsp3) is 0.565. The van der Waals surface area contributed by atoms with Gasteiger partial charge in [-0.05, 0) is 57.5 Å². The zero-order valence-corrected chi connectivity index (χ0v) is 19.4. The molecule has 1 fully saturated rings. The minimum absolute atomic E-state index is 0.114. The van der Waals surface area contributed by atoms with Crippen LogP contribution >= 0.6 is 0 Å². The summed E-state index contributed by atoms with van der Waals surface area (Å²) in [6.45, 7) is 5.16. The molecule has 3 N–H and O–H groups in total. The van der Waals surface area contributed by atoms with Crippen LogP contribution in [0.5, 0.6) is 0 Å². The van der Waals surface area contributed by atoms with Crippen molar-refractivity contribution in [2.45, 2.75) is 45.2 Å². The number of rotatable bonds is 8. The number of urea groups is 1. The summed E-state index contributed by atoms with van der Waals surface area (Å²) in [5.41, 5.74) is 0.864. The Morgan fingerprint density at radius 2 is 1.91 bits per heavy atom. The number of carbonyl (C=O) groups excluding carboxylic acids is 3. The van der Waals surface area contributed by atoms with Crippen LogP contribution in [0.3, 0.4) is 0 Å². The average molecular weight is 443 g/mol. The summed E-state index contributed by atoms with van der Waals surface area (Å²) < 4.78 is 0. The first-order valence-corrected chi connectivity index (χ1v) is 11.0. The van der Waals surface area contributed by atoms with Gasteiger partial charge in [0.05, 0.1) is 6.07 Å². The predicted molar refractivity (Wildman–Crippen MR) is 123 cm³/mol. The second-order valence-electron chi connectivity index (χ2n) is 8.72. The highest BCUT2D eigenvalue weighted by molar-refractivity contribution is 5.99. The molecule has 0 saturated carbocycles. The lowest BCUT2D eigenvalue weighted by Gasteiger charge is -2.35. The van der Waals surface area contributed by atoms with Gasteiger partial charge in [-0.1, -0.05) is 19.9 Å². The molecule has 0 radical (unpaired) electrons. The number of hydrogen-bond acceptors (Lipinski definition) is 5. The maximum absolute atomic E-state index is 12.8. The Hall–Kier alpha value is -3.12. The lowest BCUT2D eigenvalue weighted by molar-refractivity contribution is -0.123. The van der Waals surface area contributed by atoms with Gasteiger partial charge in [-0.15, -0.1) is 0 Å². The van der Waals surface area contributed by atoms with E-state index in [2.05, 4.69) is 34.9 Å². The van der Waals surface area contributed by atoms with Crippen LogP contribution in [0.25, 0.3) is 0 Å². The summed E-state index contributed by atoms with van der Waals surface area (Å²) in [6.07, 6.45) is 2.30. The molecule has 1 aromatic rings. The van der Waals surface area contributed by atoms with Gasteiger partial charge in [-0.3, -0.25) is 9.59 Å². The molecule has 0 bridgehead atoms. The van der Waals surface area contributed by atoms with Crippen molar-refractivity contribution in [2.24, 2.45) is 5.92 Å². The highest BCUT2D eigenvalue weighted by atomic mass is 16.2. The van der Waals surface area contributed by atoms with Gasteiger partial charge >= 0.3 is 6.03 Å². The van der Waals surface area contributed by atoms with E-state index in [1.54, 1.807) is 29.2 Å². The molecule has 1 saturated heterocycles. The lowest BCUT2D eigenvalue weighted by atomic mass is 10.0. The summed E-state index contributed by atoms with van der Waals surface area (Å²) in [6, 6.07) is 8.06. The van der Waals surface area contributed by atoms with E-state index in [0.29, 0.717) is 36.8 Å². The topological polar surface area (TPSA) is 118 Å². The van der Waals surface area contributed by atoms with E-state index in [-0.39, 0.29) is 24.4 Å². The summed E-state index contributed by atoms with van der Waals surface area (Å²) in [5, 5.41) is 16.8. The second kappa shape index (κ2) is 12.1. The first-order valence-electron chi connectivity index (χ1n) is 11.0. The quantitative estimate of drug-likeness (QED) is 0.533. The predicted octanol–water partition coefficient (Wildman–Crippen LogP) is 2.03. The standard InChI is InChI=1S/C23H34N6O3/c1-16(2)14-20(22(31)25-11-10-24)27-21(30)17-6-5-7-18(15-17)26-23(32)29-12-8-19(9-13-29)28(3)4/h5-7,15-16,19-20H,8-9,11-14H2,1-4H3,(H,25,31)(H,26,32)(H,27,30). The van der Waals surface area contributed by atoms with Gasteiger partial charge in [-0.2, -0.15) is 5.26 Å². The molecule has 1 aromatic carbocycles. The smallest absolute Gasteiger partial charge is 0.321 e. The Labute approximate surface area is 190 Å². The van der Waals surface area contributed by atoms with E-state index in [4.69, 9.17) is 5.26 Å². The molecule has 9 nitrogen and oxygen atoms in total. The van der Waals surface area contributed by atoms with E-state index < -0.39 is 11.9 Å². The first kappa shape index (κ1) is 25.1. The number of hydrogen-bond donors (Lipinski definition) is 3. The number of amides is 4. The molecule has 4 amide bonds. The minimum Gasteiger partial charge on any atom is -0.341 e. The van der Waals surface area contributed by atoms with Crippen LogP contribution in [-0.4, -0.2) is 73.5 Å². The number of nitrogens with zero attached hydrogens (tertiary/aromatic N) is 3. The monoisotopic (exact) mass is 442 g/mol. The zero-order valence-electron chi connectivity index (χ0n) is 19.4. The fourth-order valence-electron chi connectivity index (χ4n) is 3.72. The highest BCUT2D eigenvalue weighted by Gasteiger charge is 2.25. The minimum atomic E-state index is -0.743. The van der Waals surface area contributed by atoms with Crippen LogP contribution in [-0.2, 0) is 4.79 Å². The number of piperidine rings is 1. The van der Waals surface area contributed by atoms with Crippen molar-refractivity contribution in [3.05, 3.63) is 29.8 Å². The Kier molecular flexibility index (Phi) is 9.47. The number of anilines is 1. The van der Waals surface area contributed by atoms with Crippen molar-refractivity contribution >= 4 is 23.5 Å². The Morgan fingerprint density at radius 1 is 1.22 bits per heavy atom. The molecule has 174 valence electrons. The Morgan fingerprint density at radius 3 is 2.50 bits per heavy atom. The van der Waals surface area contributed by atoms with Crippen LogP contribution in [0.4, 0.5) is 10.5 Å². The van der Waals surface area contributed by atoms with Gasteiger partial charge in [0.25, 0.3) is 5.91 Å². The van der Waals surface area contributed by atoms with Crippen LogP contribution in [0.15, 0.2) is 24.3 Å². The van der Waals surface area contributed by atoms with Crippen molar-refractivity contribution in [3.63, 3.8) is 0 Å². The summed E-state index contributed by atoms with van der Waals surface area (Å²) in [5.74, 6) is -0.625. The molecule has 2 rings (SSSR count). The summed E-state index contributed by atoms with van der Waals surface area (Å²) in [4.78, 5) is 41.7. The van der Waals surface area contributed by atoms with Crippen molar-refractivity contribution in [1.29, 1.82) is 5.26 Å². The summed E-state index contributed by atoms with van der Waals surface area (Å²) in [7, 11) is 4.10. The number of benzene rings is 1. The Bertz CT molecular complexity index is 840. The van der Waals surface area contributed by atoms with E-state index in [0.717, 1.165) is 12.8 Å². The SMILES string of the molecule is CC(C)CC(NC(=O)c1cccc(NC(=O)N2CCC(N(C)C)CC2)c1)C(=O)NCC#N. The molecule has 1 aliphatic rings. The van der Waals surface area contributed by atoms with Gasteiger partial charge in [0.2, 0.25) is 5.91 Å². The lowest BCUT2D eigenvalue weighted by Crippen LogP contribution is -2.47. The summed E-state index contributed by atoms with van der Waals surface area (Å²) >= 11 is 0. The van der Waals surface area contributed by atoms with Gasteiger partial charge in [0.1, 0.15) is 12.6 Å². The number of carbonyl (C=O) groups is 3. The number of likely N-dealkylation sites (tertiary alicyclic amines) is 1. The molecule has 1 unspecified atom stereocenters. The van der Waals surface area contributed by atoms with E-state index in [9.17, 15) is 14.4 Å². The van der Waals surface area contributed by atoms with Crippen molar-refractivity contribution < 1.29 is 14.4 Å². The molecule has 0 aliphatic carbocycles. The fourth-order valence-corrected chi connectivity index (χ4v) is 3.72. The molecule has 0 aromatic heterocycles. The maximum atomic E-state index is 12.8. The molecular formula is C23H34N6O3. The van der Waals surface area contributed by atoms with E-state index >= 15 is 0 Å². The molecule has 1 atom stereocenters. The van der Waals surface area contributed by atoms with Gasteiger partial charge in [0, 0.05) is 30.4 Å². The van der Waals surface area contributed by atoms with Gasteiger partial charge in [0.15, 0.2) is 0 Å². The highest BCUT2D eigenvalue weighted by Crippen LogP contribution is 2.17. The van der Waals surface area contributed by atoms with Gasteiger partial charge in [-0.25, -0.2) is 4.79 Å². The largest absolute Gasteiger partial charge is 0.341 e. The van der Waals surface area contributed by atoms with Crippen molar-refractivity contribution in [1.82, 2.24) is 20.4 Å². The average Bonchev–Trinajstić information content (AvgIpc) is 2.76. The van der Waals surface area contributed by atoms with Crippen LogP contribution in [0.1, 0.15) is 43.5 Å². The molecule has 1 heterocycles. The normalized spacial score (nSPS) is 15.2. The third kappa shape index (κ3) is 7.54. The molecule has 0 spiro atoms. The molecule has 1 aliphatic heterocycles. The Balaban J connectivity index is 2.00. The third-order valence-electron chi connectivity index (χ3n) is 5.53. The van der Waals surface area contributed by atoms with E-state index in [1.807, 2.05) is 19.9 Å². The zero-order chi connectivity index (χ0) is 23.7. The van der Waals surface area contributed by atoms with Crippen LogP contribution < -0.4 is 16.0 Å². The first-order chi connectivity index (χ1) is 15.2.